The molecule has 1 aromatic rings. The van der Waals surface area contributed by atoms with Gasteiger partial charge in [0.2, 0.25) is 5.91 Å². The Bertz CT molecular complexity index is 469. The van der Waals surface area contributed by atoms with Crippen LogP contribution in [0.2, 0.25) is 0 Å². The number of rotatable bonds is 9. The van der Waals surface area contributed by atoms with Crippen molar-refractivity contribution in [1.29, 1.82) is 0 Å². The van der Waals surface area contributed by atoms with Crippen LogP contribution < -0.4 is 16.0 Å². The highest BCUT2D eigenvalue weighted by Gasteiger charge is 2.06. The van der Waals surface area contributed by atoms with E-state index in [1.807, 2.05) is 0 Å². The standard InChI is InChI=1S/C15H23N3O3.ClH/c1-3-14(19)18-13-6-4-5-12(11-13)15(20)17-8-7-16-9-10-21-2;/h4-6,11,16H,3,7-10H2,1-2H3,(H,17,20)(H,18,19);1H. The van der Waals surface area contributed by atoms with E-state index >= 15 is 0 Å². The minimum Gasteiger partial charge on any atom is -0.383 e. The van der Waals surface area contributed by atoms with Gasteiger partial charge in [0.25, 0.3) is 5.91 Å². The molecular formula is C15H24ClN3O3. The van der Waals surface area contributed by atoms with Crippen LogP contribution in [0.25, 0.3) is 0 Å². The first-order chi connectivity index (χ1) is 10.2. The summed E-state index contributed by atoms with van der Waals surface area (Å²) >= 11 is 0. The van der Waals surface area contributed by atoms with Crippen molar-refractivity contribution in [2.45, 2.75) is 13.3 Å². The van der Waals surface area contributed by atoms with Gasteiger partial charge in [0.15, 0.2) is 0 Å². The molecule has 2 amide bonds. The number of nitrogens with one attached hydrogen (secondary N) is 3. The van der Waals surface area contributed by atoms with E-state index in [2.05, 4.69) is 16.0 Å². The molecule has 7 heteroatoms. The Labute approximate surface area is 137 Å². The summed E-state index contributed by atoms with van der Waals surface area (Å²) in [6.07, 6.45) is 0.406. The number of carbonyl (C=O) groups is 2. The van der Waals surface area contributed by atoms with Crippen LogP contribution in [0.15, 0.2) is 24.3 Å². The summed E-state index contributed by atoms with van der Waals surface area (Å²) in [7, 11) is 1.65. The van der Waals surface area contributed by atoms with Crippen LogP contribution in [0, 0.1) is 0 Å². The fraction of sp³-hybridized carbons (Fsp3) is 0.467. The second kappa shape index (κ2) is 12.0. The topological polar surface area (TPSA) is 79.5 Å². The third-order valence-electron chi connectivity index (χ3n) is 2.80. The van der Waals surface area contributed by atoms with Crippen LogP contribution in [0.4, 0.5) is 5.69 Å². The van der Waals surface area contributed by atoms with Gasteiger partial charge in [-0.05, 0) is 18.2 Å². The molecule has 0 aliphatic heterocycles. The predicted molar refractivity (Wildman–Crippen MR) is 89.7 cm³/mol. The van der Waals surface area contributed by atoms with Gasteiger partial charge in [-0.15, -0.1) is 12.4 Å². The summed E-state index contributed by atoms with van der Waals surface area (Å²) in [5.74, 6) is -0.231. The Morgan fingerprint density at radius 3 is 2.64 bits per heavy atom. The molecule has 0 atom stereocenters. The molecule has 0 fully saturated rings. The first-order valence-corrected chi connectivity index (χ1v) is 7.05. The predicted octanol–water partition coefficient (Wildman–Crippen LogP) is 1.42. The summed E-state index contributed by atoms with van der Waals surface area (Å²) < 4.78 is 4.91. The molecule has 22 heavy (non-hydrogen) atoms. The van der Waals surface area contributed by atoms with Crippen LogP contribution in [-0.2, 0) is 9.53 Å². The van der Waals surface area contributed by atoms with Crippen molar-refractivity contribution >= 4 is 29.9 Å². The number of ether oxygens (including phenoxy) is 1. The van der Waals surface area contributed by atoms with E-state index in [0.29, 0.717) is 37.4 Å². The summed E-state index contributed by atoms with van der Waals surface area (Å²) in [5.41, 5.74) is 1.16. The molecule has 6 nitrogen and oxygen atoms in total. The average molecular weight is 330 g/mol. The van der Waals surface area contributed by atoms with Crippen molar-refractivity contribution in [2.75, 3.05) is 38.7 Å². The Morgan fingerprint density at radius 1 is 1.18 bits per heavy atom. The second-order valence-electron chi connectivity index (χ2n) is 4.48. The smallest absolute Gasteiger partial charge is 0.251 e. The molecule has 0 bridgehead atoms. The number of hydrogen-bond donors (Lipinski definition) is 3. The molecule has 0 aromatic heterocycles. The lowest BCUT2D eigenvalue weighted by molar-refractivity contribution is -0.115. The Balaban J connectivity index is 0.00000441. The third kappa shape index (κ3) is 7.97. The minimum atomic E-state index is -0.156. The molecular weight excluding hydrogens is 306 g/mol. The molecule has 0 aliphatic carbocycles. The molecule has 1 aromatic carbocycles. The number of benzene rings is 1. The zero-order chi connectivity index (χ0) is 15.5. The molecule has 0 saturated carbocycles. The maximum absolute atomic E-state index is 12.0. The van der Waals surface area contributed by atoms with Gasteiger partial charge in [0, 0.05) is 44.4 Å². The van der Waals surface area contributed by atoms with E-state index in [-0.39, 0.29) is 24.2 Å². The highest BCUT2D eigenvalue weighted by Crippen LogP contribution is 2.10. The zero-order valence-electron chi connectivity index (χ0n) is 13.0. The van der Waals surface area contributed by atoms with Crippen molar-refractivity contribution in [1.82, 2.24) is 10.6 Å². The molecule has 124 valence electrons. The molecule has 0 spiro atoms. The Kier molecular flexibility index (Phi) is 11.1. The SMILES string of the molecule is CCC(=O)Nc1cccc(C(=O)NCCNCCOC)c1.Cl. The monoisotopic (exact) mass is 329 g/mol. The molecule has 0 unspecified atom stereocenters. The number of halogens is 1. The summed E-state index contributed by atoms with van der Waals surface area (Å²) in [4.78, 5) is 23.3. The molecule has 3 N–H and O–H groups in total. The van der Waals surface area contributed by atoms with Crippen molar-refractivity contribution in [3.63, 3.8) is 0 Å². The fourth-order valence-electron chi connectivity index (χ4n) is 1.65. The lowest BCUT2D eigenvalue weighted by Gasteiger charge is -2.08. The van der Waals surface area contributed by atoms with E-state index < -0.39 is 0 Å². The van der Waals surface area contributed by atoms with Crippen molar-refractivity contribution in [2.24, 2.45) is 0 Å². The van der Waals surface area contributed by atoms with Gasteiger partial charge in [-0.2, -0.15) is 0 Å². The van der Waals surface area contributed by atoms with Gasteiger partial charge in [0.05, 0.1) is 6.61 Å². The Hall–Kier alpha value is -1.63. The number of carbonyl (C=O) groups excluding carboxylic acids is 2. The van der Waals surface area contributed by atoms with Crippen LogP contribution in [-0.4, -0.2) is 45.2 Å². The number of anilines is 1. The Morgan fingerprint density at radius 2 is 1.95 bits per heavy atom. The zero-order valence-corrected chi connectivity index (χ0v) is 13.8. The van der Waals surface area contributed by atoms with Gasteiger partial charge in [0.1, 0.15) is 0 Å². The van der Waals surface area contributed by atoms with Gasteiger partial charge in [-0.25, -0.2) is 0 Å². The van der Waals surface area contributed by atoms with E-state index in [0.717, 1.165) is 6.54 Å². The first kappa shape index (κ1) is 20.4. The lowest BCUT2D eigenvalue weighted by atomic mass is 10.2. The number of methoxy groups -OCH3 is 1. The van der Waals surface area contributed by atoms with Crippen LogP contribution in [0.1, 0.15) is 23.7 Å². The summed E-state index contributed by atoms with van der Waals surface area (Å²) in [6, 6.07) is 6.89. The lowest BCUT2D eigenvalue weighted by Crippen LogP contribution is -2.33. The average Bonchev–Trinajstić information content (AvgIpc) is 2.50. The number of hydrogen-bond acceptors (Lipinski definition) is 4. The van der Waals surface area contributed by atoms with Gasteiger partial charge in [-0.1, -0.05) is 13.0 Å². The van der Waals surface area contributed by atoms with E-state index in [9.17, 15) is 9.59 Å². The van der Waals surface area contributed by atoms with Gasteiger partial charge in [-0.3, -0.25) is 9.59 Å². The largest absolute Gasteiger partial charge is 0.383 e. The fourth-order valence-corrected chi connectivity index (χ4v) is 1.65. The second-order valence-corrected chi connectivity index (χ2v) is 4.48. The first-order valence-electron chi connectivity index (χ1n) is 7.05. The molecule has 1 rings (SSSR count). The van der Waals surface area contributed by atoms with E-state index in [1.165, 1.54) is 0 Å². The van der Waals surface area contributed by atoms with Crippen LogP contribution in [0.3, 0.4) is 0 Å². The van der Waals surface area contributed by atoms with Gasteiger partial charge >= 0.3 is 0 Å². The van der Waals surface area contributed by atoms with Crippen molar-refractivity contribution in [3.8, 4) is 0 Å². The normalized spacial score (nSPS) is 9.73. The highest BCUT2D eigenvalue weighted by atomic mass is 35.5. The molecule has 0 heterocycles. The third-order valence-corrected chi connectivity index (χ3v) is 2.80. The van der Waals surface area contributed by atoms with Crippen molar-refractivity contribution in [3.05, 3.63) is 29.8 Å². The summed E-state index contributed by atoms with van der Waals surface area (Å²) in [5, 5.41) is 8.69. The van der Waals surface area contributed by atoms with E-state index in [4.69, 9.17) is 4.74 Å². The van der Waals surface area contributed by atoms with Crippen LogP contribution in [0.5, 0.6) is 0 Å². The van der Waals surface area contributed by atoms with Crippen molar-refractivity contribution < 1.29 is 14.3 Å². The van der Waals surface area contributed by atoms with E-state index in [1.54, 1.807) is 38.3 Å². The quantitative estimate of drug-likeness (QED) is 0.599. The summed E-state index contributed by atoms with van der Waals surface area (Å²) in [6.45, 7) is 4.40. The highest BCUT2D eigenvalue weighted by molar-refractivity contribution is 5.97. The van der Waals surface area contributed by atoms with Gasteiger partial charge < -0.3 is 20.7 Å². The molecule has 0 saturated heterocycles. The van der Waals surface area contributed by atoms with Crippen LogP contribution >= 0.6 is 12.4 Å². The maximum Gasteiger partial charge on any atom is 0.251 e. The maximum atomic E-state index is 12.0. The minimum absolute atomic E-state index is 0. The molecule has 0 aliphatic rings. The molecule has 0 radical (unpaired) electrons. The number of amides is 2.